The molecule has 6 nitrogen and oxygen atoms in total. The molecule has 0 spiro atoms. The third-order valence-electron chi connectivity index (χ3n) is 3.23. The maximum Gasteiger partial charge on any atom is 0.274 e. The Balaban J connectivity index is 1.66. The van der Waals surface area contributed by atoms with Gasteiger partial charge in [0.15, 0.2) is 0 Å². The van der Waals surface area contributed by atoms with Gasteiger partial charge in [-0.2, -0.15) is 5.10 Å². The van der Waals surface area contributed by atoms with Crippen molar-refractivity contribution in [2.24, 2.45) is 5.10 Å². The van der Waals surface area contributed by atoms with Gasteiger partial charge >= 0.3 is 0 Å². The molecule has 1 aromatic heterocycles. The van der Waals surface area contributed by atoms with Crippen LogP contribution in [0.2, 0.25) is 0 Å². The lowest BCUT2D eigenvalue weighted by Gasteiger charge is -2.01. The highest BCUT2D eigenvalue weighted by Gasteiger charge is 2.05. The second-order valence-electron chi connectivity index (χ2n) is 5.03. The highest BCUT2D eigenvalue weighted by Crippen LogP contribution is 2.09. The normalized spacial score (nSPS) is 10.9. The third-order valence-corrected chi connectivity index (χ3v) is 3.76. The first-order valence-corrected chi connectivity index (χ1v) is 8.04. The van der Waals surface area contributed by atoms with Crippen molar-refractivity contribution in [3.8, 4) is 0 Å². The lowest BCUT2D eigenvalue weighted by molar-refractivity contribution is 0.866. The molecule has 0 aliphatic carbocycles. The molecule has 0 fully saturated rings. The van der Waals surface area contributed by atoms with Crippen LogP contribution in [0.3, 0.4) is 0 Å². The SMILES string of the molecule is O=c1[nH]c(NN=Cc2ccc(Br)cc2)nnc1Cc1ccccc1. The van der Waals surface area contributed by atoms with E-state index in [1.165, 1.54) is 0 Å². The van der Waals surface area contributed by atoms with Gasteiger partial charge < -0.3 is 0 Å². The van der Waals surface area contributed by atoms with Crippen LogP contribution in [-0.4, -0.2) is 21.4 Å². The number of anilines is 1. The average Bonchev–Trinajstić information content (AvgIpc) is 2.60. The number of rotatable bonds is 5. The third kappa shape index (κ3) is 4.36. The Labute approximate surface area is 146 Å². The van der Waals surface area contributed by atoms with Crippen molar-refractivity contribution >= 4 is 28.1 Å². The van der Waals surface area contributed by atoms with Crippen LogP contribution in [-0.2, 0) is 6.42 Å². The molecule has 7 heteroatoms. The minimum absolute atomic E-state index is 0.199. The number of hydrogen-bond acceptors (Lipinski definition) is 5. The van der Waals surface area contributed by atoms with Gasteiger partial charge in [-0.05, 0) is 23.3 Å². The zero-order chi connectivity index (χ0) is 16.8. The Morgan fingerprint density at radius 2 is 1.83 bits per heavy atom. The first-order valence-electron chi connectivity index (χ1n) is 7.25. The van der Waals surface area contributed by atoms with Crippen LogP contribution in [0.1, 0.15) is 16.8 Å². The topological polar surface area (TPSA) is 83.0 Å². The van der Waals surface area contributed by atoms with Crippen molar-refractivity contribution in [2.75, 3.05) is 5.43 Å². The predicted octanol–water partition coefficient (Wildman–Crippen LogP) is 2.96. The molecule has 0 radical (unpaired) electrons. The molecule has 0 saturated carbocycles. The maximum absolute atomic E-state index is 12.1. The summed E-state index contributed by atoms with van der Waals surface area (Å²) in [6, 6.07) is 17.3. The van der Waals surface area contributed by atoms with Gasteiger partial charge in [-0.25, -0.2) is 5.43 Å². The highest BCUT2D eigenvalue weighted by molar-refractivity contribution is 9.10. The Morgan fingerprint density at radius 3 is 2.54 bits per heavy atom. The first-order chi connectivity index (χ1) is 11.7. The number of benzene rings is 2. The summed E-state index contributed by atoms with van der Waals surface area (Å²) in [6.45, 7) is 0. The Hall–Kier alpha value is -2.80. The predicted molar refractivity (Wildman–Crippen MR) is 97.3 cm³/mol. The number of hydrazone groups is 1. The van der Waals surface area contributed by atoms with Gasteiger partial charge in [0, 0.05) is 10.9 Å². The fraction of sp³-hybridized carbons (Fsp3) is 0.0588. The summed E-state index contributed by atoms with van der Waals surface area (Å²) in [5, 5.41) is 12.0. The Morgan fingerprint density at radius 1 is 1.08 bits per heavy atom. The molecule has 0 bridgehead atoms. The monoisotopic (exact) mass is 383 g/mol. The fourth-order valence-corrected chi connectivity index (χ4v) is 2.30. The number of halogens is 1. The number of nitrogens with zero attached hydrogens (tertiary/aromatic N) is 3. The largest absolute Gasteiger partial charge is 0.288 e. The Bertz CT molecular complexity index is 891. The van der Waals surface area contributed by atoms with Crippen LogP contribution in [0.4, 0.5) is 5.95 Å². The molecule has 0 unspecified atom stereocenters. The quantitative estimate of drug-likeness (QED) is 0.524. The van der Waals surface area contributed by atoms with Crippen LogP contribution in [0.5, 0.6) is 0 Å². The zero-order valence-corrected chi connectivity index (χ0v) is 14.2. The van der Waals surface area contributed by atoms with Crippen molar-refractivity contribution < 1.29 is 0 Å². The number of hydrogen-bond donors (Lipinski definition) is 2. The van der Waals surface area contributed by atoms with E-state index in [0.717, 1.165) is 15.6 Å². The molecule has 24 heavy (non-hydrogen) atoms. The van der Waals surface area contributed by atoms with Crippen LogP contribution < -0.4 is 11.0 Å². The van der Waals surface area contributed by atoms with Gasteiger partial charge in [0.2, 0.25) is 5.95 Å². The van der Waals surface area contributed by atoms with E-state index >= 15 is 0 Å². The molecule has 1 heterocycles. The minimum Gasteiger partial charge on any atom is -0.288 e. The summed E-state index contributed by atoms with van der Waals surface area (Å²) in [7, 11) is 0. The molecule has 0 aliphatic heterocycles. The van der Waals surface area contributed by atoms with Gasteiger partial charge in [0.1, 0.15) is 5.69 Å². The number of aromatic amines is 1. The van der Waals surface area contributed by atoms with Gasteiger partial charge in [-0.3, -0.25) is 9.78 Å². The van der Waals surface area contributed by atoms with Crippen LogP contribution >= 0.6 is 15.9 Å². The number of nitrogens with one attached hydrogen (secondary N) is 2. The van der Waals surface area contributed by atoms with E-state index in [-0.39, 0.29) is 11.5 Å². The standard InChI is InChI=1S/C17H14BrN5O/c18-14-8-6-13(7-9-14)11-19-22-17-20-16(24)15(21-23-17)10-12-4-2-1-3-5-12/h1-9,11H,10H2,(H2,20,22,23,24). The van der Waals surface area contributed by atoms with Crippen molar-refractivity contribution in [1.29, 1.82) is 0 Å². The van der Waals surface area contributed by atoms with E-state index in [1.54, 1.807) is 6.21 Å². The molecular weight excluding hydrogens is 370 g/mol. The summed E-state index contributed by atoms with van der Waals surface area (Å²) >= 11 is 3.37. The summed E-state index contributed by atoms with van der Waals surface area (Å²) < 4.78 is 0.997. The molecule has 2 N–H and O–H groups in total. The maximum atomic E-state index is 12.1. The smallest absolute Gasteiger partial charge is 0.274 e. The van der Waals surface area contributed by atoms with Crippen LogP contribution in [0.25, 0.3) is 0 Å². The van der Waals surface area contributed by atoms with E-state index in [0.29, 0.717) is 12.1 Å². The molecular formula is C17H14BrN5O. The van der Waals surface area contributed by atoms with E-state index < -0.39 is 0 Å². The van der Waals surface area contributed by atoms with Gasteiger partial charge in [-0.15, -0.1) is 10.2 Å². The fourth-order valence-electron chi connectivity index (χ4n) is 2.03. The van der Waals surface area contributed by atoms with Crippen LogP contribution in [0.15, 0.2) is 69.0 Å². The Kier molecular flexibility index (Phi) is 5.12. The highest BCUT2D eigenvalue weighted by atomic mass is 79.9. The summed E-state index contributed by atoms with van der Waals surface area (Å²) in [5.74, 6) is 0.199. The van der Waals surface area contributed by atoms with E-state index in [2.05, 4.69) is 41.6 Å². The summed E-state index contributed by atoms with van der Waals surface area (Å²) in [5.41, 5.74) is 4.67. The van der Waals surface area contributed by atoms with E-state index in [4.69, 9.17) is 0 Å². The summed E-state index contributed by atoms with van der Waals surface area (Å²) in [6.07, 6.45) is 2.07. The molecule has 2 aromatic carbocycles. The molecule has 3 aromatic rings. The first kappa shape index (κ1) is 16.1. The van der Waals surface area contributed by atoms with Crippen molar-refractivity contribution in [1.82, 2.24) is 15.2 Å². The molecule has 120 valence electrons. The van der Waals surface area contributed by atoms with Crippen molar-refractivity contribution in [2.45, 2.75) is 6.42 Å². The molecule has 0 amide bonds. The van der Waals surface area contributed by atoms with Gasteiger partial charge in [0.05, 0.1) is 6.21 Å². The molecule has 3 rings (SSSR count). The van der Waals surface area contributed by atoms with Crippen molar-refractivity contribution in [3.63, 3.8) is 0 Å². The lowest BCUT2D eigenvalue weighted by Crippen LogP contribution is -2.18. The van der Waals surface area contributed by atoms with Gasteiger partial charge in [0.25, 0.3) is 5.56 Å². The second-order valence-corrected chi connectivity index (χ2v) is 5.95. The molecule has 0 saturated heterocycles. The number of aromatic nitrogens is 3. The van der Waals surface area contributed by atoms with Gasteiger partial charge in [-0.1, -0.05) is 58.4 Å². The van der Waals surface area contributed by atoms with E-state index in [1.807, 2.05) is 54.6 Å². The molecule has 0 atom stereocenters. The lowest BCUT2D eigenvalue weighted by atomic mass is 10.1. The second kappa shape index (κ2) is 7.65. The summed E-state index contributed by atoms with van der Waals surface area (Å²) in [4.78, 5) is 14.7. The number of H-pyrrole nitrogens is 1. The zero-order valence-electron chi connectivity index (χ0n) is 12.6. The molecule has 0 aliphatic rings. The minimum atomic E-state index is -0.282. The average molecular weight is 384 g/mol. The van der Waals surface area contributed by atoms with Crippen molar-refractivity contribution in [3.05, 3.63) is 86.2 Å². The van der Waals surface area contributed by atoms with Crippen LogP contribution in [0, 0.1) is 0 Å². The van der Waals surface area contributed by atoms with E-state index in [9.17, 15) is 4.79 Å².